The van der Waals surface area contributed by atoms with Gasteiger partial charge in [0.2, 0.25) is 0 Å². The first-order chi connectivity index (χ1) is 9.70. The Labute approximate surface area is 123 Å². The van der Waals surface area contributed by atoms with Crippen molar-refractivity contribution in [2.24, 2.45) is 0 Å². The fourth-order valence-corrected chi connectivity index (χ4v) is 2.84. The van der Waals surface area contributed by atoms with E-state index in [0.717, 1.165) is 28.8 Å². The Morgan fingerprint density at radius 1 is 1.24 bits per heavy atom. The molecule has 0 aromatic heterocycles. The van der Waals surface area contributed by atoms with Crippen molar-refractivity contribution in [1.29, 1.82) is 0 Å². The van der Waals surface area contributed by atoms with Crippen LogP contribution in [-0.4, -0.2) is 22.1 Å². The van der Waals surface area contributed by atoms with E-state index >= 15 is 0 Å². The summed E-state index contributed by atoms with van der Waals surface area (Å²) in [6, 6.07) is 4.34. The second kappa shape index (κ2) is 5.55. The molecule has 1 aromatic carbocycles. The first kappa shape index (κ1) is 15.6. The third kappa shape index (κ3) is 3.29. The van der Waals surface area contributed by atoms with Crippen LogP contribution in [0.15, 0.2) is 29.2 Å². The summed E-state index contributed by atoms with van der Waals surface area (Å²) >= 11 is 0.736. The maximum Gasteiger partial charge on any atom is 0.416 e. The van der Waals surface area contributed by atoms with Crippen molar-refractivity contribution < 1.29 is 22.8 Å². The zero-order valence-electron chi connectivity index (χ0n) is 11.3. The number of benzene rings is 1. The quantitative estimate of drug-likeness (QED) is 0.769. The van der Waals surface area contributed by atoms with Crippen molar-refractivity contribution >= 4 is 29.0 Å². The Hall–Kier alpha value is -1.76. The highest BCUT2D eigenvalue weighted by Crippen LogP contribution is 2.34. The molecule has 3 nitrogen and oxygen atoms in total. The van der Waals surface area contributed by atoms with Crippen molar-refractivity contribution in [3.63, 3.8) is 0 Å². The second-order valence-electron chi connectivity index (χ2n) is 4.77. The lowest BCUT2D eigenvalue weighted by molar-refractivity contribution is -0.137. The fraction of sp³-hybridized carbons (Fsp3) is 0.286. The molecule has 112 valence electrons. The van der Waals surface area contributed by atoms with Gasteiger partial charge in [-0.2, -0.15) is 13.2 Å². The Bertz CT molecular complexity index is 623. The molecule has 1 fully saturated rings. The Morgan fingerprint density at radius 2 is 1.90 bits per heavy atom. The predicted molar refractivity (Wildman–Crippen MR) is 74.4 cm³/mol. The van der Waals surface area contributed by atoms with Crippen molar-refractivity contribution in [1.82, 2.24) is 4.90 Å². The number of imide groups is 1. The van der Waals surface area contributed by atoms with E-state index in [-0.39, 0.29) is 16.5 Å². The molecular formula is C14H12F3NO2S. The lowest BCUT2D eigenvalue weighted by Crippen LogP contribution is -2.34. The normalized spacial score (nSPS) is 18.2. The van der Waals surface area contributed by atoms with Crippen LogP contribution in [0.3, 0.4) is 0 Å². The number of hydrogen-bond acceptors (Lipinski definition) is 3. The number of carbonyl (C=O) groups excluding carboxylic acids is 2. The molecule has 1 saturated heterocycles. The van der Waals surface area contributed by atoms with Crippen LogP contribution in [0.2, 0.25) is 0 Å². The van der Waals surface area contributed by atoms with Gasteiger partial charge in [-0.1, -0.05) is 12.1 Å². The van der Waals surface area contributed by atoms with Gasteiger partial charge in [0.25, 0.3) is 11.1 Å². The first-order valence-electron chi connectivity index (χ1n) is 6.14. The predicted octanol–water partition coefficient (Wildman–Crippen LogP) is 4.15. The molecule has 1 aromatic rings. The highest BCUT2D eigenvalue weighted by molar-refractivity contribution is 8.18. The maximum atomic E-state index is 12.6. The summed E-state index contributed by atoms with van der Waals surface area (Å²) in [5.41, 5.74) is -0.557. The molecule has 2 rings (SSSR count). The Balaban J connectivity index is 2.33. The van der Waals surface area contributed by atoms with Crippen LogP contribution in [0.25, 0.3) is 6.08 Å². The summed E-state index contributed by atoms with van der Waals surface area (Å²) in [5.74, 6) is -0.475. The molecule has 2 amide bonds. The highest BCUT2D eigenvalue weighted by Gasteiger charge is 2.36. The third-order valence-electron chi connectivity index (χ3n) is 2.85. The maximum absolute atomic E-state index is 12.6. The van der Waals surface area contributed by atoms with Gasteiger partial charge in [-0.3, -0.25) is 14.5 Å². The number of amides is 2. The highest BCUT2D eigenvalue weighted by atomic mass is 32.2. The van der Waals surface area contributed by atoms with Gasteiger partial charge in [0.15, 0.2) is 0 Å². The van der Waals surface area contributed by atoms with Gasteiger partial charge in [0.1, 0.15) is 0 Å². The zero-order chi connectivity index (χ0) is 15.8. The number of alkyl halides is 3. The van der Waals surface area contributed by atoms with Crippen molar-refractivity contribution in [2.45, 2.75) is 26.1 Å². The van der Waals surface area contributed by atoms with Crippen LogP contribution < -0.4 is 0 Å². The van der Waals surface area contributed by atoms with E-state index in [4.69, 9.17) is 0 Å². The molecule has 21 heavy (non-hydrogen) atoms. The lowest BCUT2D eigenvalue weighted by atomic mass is 10.1. The fourth-order valence-electron chi connectivity index (χ4n) is 1.88. The number of nitrogens with zero attached hydrogens (tertiary/aromatic N) is 1. The van der Waals surface area contributed by atoms with E-state index in [2.05, 4.69) is 0 Å². The molecule has 0 saturated carbocycles. The van der Waals surface area contributed by atoms with Gasteiger partial charge in [-0.25, -0.2) is 0 Å². The van der Waals surface area contributed by atoms with Gasteiger partial charge >= 0.3 is 6.18 Å². The van der Waals surface area contributed by atoms with E-state index < -0.39 is 22.9 Å². The van der Waals surface area contributed by atoms with Crippen LogP contribution in [0.5, 0.6) is 0 Å². The zero-order valence-corrected chi connectivity index (χ0v) is 12.1. The third-order valence-corrected chi connectivity index (χ3v) is 3.74. The largest absolute Gasteiger partial charge is 0.416 e. The SMILES string of the molecule is CC(C)N1C(=O)SC(=Cc2cccc(C(F)(F)F)c2)C1=O. The standard InChI is InChI=1S/C14H12F3NO2S/c1-8(2)18-12(19)11(21-13(18)20)7-9-4-3-5-10(6-9)14(15,16)17/h3-8H,1-2H3. The molecule has 1 aliphatic heterocycles. The molecule has 7 heteroatoms. The number of carbonyl (C=O) groups is 2. The molecule has 0 aliphatic carbocycles. The molecule has 1 heterocycles. The van der Waals surface area contributed by atoms with Gasteiger partial charge in [0.05, 0.1) is 10.5 Å². The van der Waals surface area contributed by atoms with E-state index in [1.807, 2.05) is 0 Å². The second-order valence-corrected chi connectivity index (χ2v) is 5.76. The number of rotatable bonds is 2. The molecule has 0 bridgehead atoms. The van der Waals surface area contributed by atoms with Crippen LogP contribution in [-0.2, 0) is 11.0 Å². The average Bonchev–Trinajstić information content (AvgIpc) is 2.63. The molecule has 0 spiro atoms. The van der Waals surface area contributed by atoms with E-state index in [1.54, 1.807) is 13.8 Å². The first-order valence-corrected chi connectivity index (χ1v) is 6.96. The van der Waals surface area contributed by atoms with Crippen LogP contribution in [0, 0.1) is 0 Å². The van der Waals surface area contributed by atoms with Gasteiger partial charge in [-0.15, -0.1) is 0 Å². The number of hydrogen-bond donors (Lipinski definition) is 0. The van der Waals surface area contributed by atoms with Gasteiger partial charge in [-0.05, 0) is 49.4 Å². The number of halogens is 3. The molecule has 1 aliphatic rings. The lowest BCUT2D eigenvalue weighted by Gasteiger charge is -2.16. The molecule has 0 atom stereocenters. The Kier molecular flexibility index (Phi) is 4.13. The Morgan fingerprint density at radius 3 is 2.43 bits per heavy atom. The average molecular weight is 315 g/mol. The summed E-state index contributed by atoms with van der Waals surface area (Å²) < 4.78 is 37.9. The van der Waals surface area contributed by atoms with Crippen LogP contribution in [0.4, 0.5) is 18.0 Å². The molecule has 0 radical (unpaired) electrons. The minimum Gasteiger partial charge on any atom is -0.268 e. The summed E-state index contributed by atoms with van der Waals surface area (Å²) in [7, 11) is 0. The summed E-state index contributed by atoms with van der Waals surface area (Å²) in [6.07, 6.45) is -3.14. The molecular weight excluding hydrogens is 303 g/mol. The van der Waals surface area contributed by atoms with Crippen molar-refractivity contribution in [2.75, 3.05) is 0 Å². The van der Waals surface area contributed by atoms with Crippen LogP contribution in [0.1, 0.15) is 25.0 Å². The summed E-state index contributed by atoms with van der Waals surface area (Å²) in [4.78, 5) is 25.0. The van der Waals surface area contributed by atoms with Gasteiger partial charge in [0, 0.05) is 6.04 Å². The van der Waals surface area contributed by atoms with E-state index in [9.17, 15) is 22.8 Å². The molecule has 0 N–H and O–H groups in total. The minimum absolute atomic E-state index is 0.132. The van der Waals surface area contributed by atoms with E-state index in [0.29, 0.717) is 0 Å². The van der Waals surface area contributed by atoms with E-state index in [1.165, 1.54) is 18.2 Å². The van der Waals surface area contributed by atoms with Crippen LogP contribution >= 0.6 is 11.8 Å². The minimum atomic E-state index is -4.44. The van der Waals surface area contributed by atoms with Gasteiger partial charge < -0.3 is 0 Å². The monoisotopic (exact) mass is 315 g/mol. The smallest absolute Gasteiger partial charge is 0.268 e. The number of thioether (sulfide) groups is 1. The topological polar surface area (TPSA) is 37.4 Å². The molecule has 0 unspecified atom stereocenters. The van der Waals surface area contributed by atoms with Crippen molar-refractivity contribution in [3.05, 3.63) is 40.3 Å². The summed E-state index contributed by atoms with van der Waals surface area (Å²) in [6.45, 7) is 3.40. The summed E-state index contributed by atoms with van der Waals surface area (Å²) in [5, 5.41) is -0.409. The van der Waals surface area contributed by atoms with Crippen molar-refractivity contribution in [3.8, 4) is 0 Å².